The van der Waals surface area contributed by atoms with Crippen LogP contribution in [0.4, 0.5) is 5.69 Å². The first-order valence-electron chi connectivity index (χ1n) is 7.84. The minimum Gasteiger partial charge on any atom is -0.461 e. The zero-order valence-corrected chi connectivity index (χ0v) is 14.5. The van der Waals surface area contributed by atoms with Crippen molar-refractivity contribution in [3.05, 3.63) is 29.8 Å². The van der Waals surface area contributed by atoms with Gasteiger partial charge in [0.2, 0.25) is 17.7 Å². The summed E-state index contributed by atoms with van der Waals surface area (Å²) in [6.07, 6.45) is 0. The molecule has 1 aromatic carbocycles. The van der Waals surface area contributed by atoms with E-state index < -0.39 is 11.8 Å². The zero-order valence-electron chi connectivity index (χ0n) is 14.5. The maximum absolute atomic E-state index is 11.7. The fourth-order valence-electron chi connectivity index (χ4n) is 1.66. The summed E-state index contributed by atoms with van der Waals surface area (Å²) >= 11 is 0. The van der Waals surface area contributed by atoms with Crippen LogP contribution >= 0.6 is 0 Å². The number of esters is 1. The molecule has 0 fully saturated rings. The van der Waals surface area contributed by atoms with Gasteiger partial charge in [-0.25, -0.2) is 0 Å². The van der Waals surface area contributed by atoms with Crippen LogP contribution in [0.1, 0.15) is 26.3 Å². The summed E-state index contributed by atoms with van der Waals surface area (Å²) in [5.74, 6) is -1.62. The molecule has 0 aliphatic carbocycles. The number of carbonyl (C=O) groups excluding carboxylic acids is 4. The average molecular weight is 349 g/mol. The van der Waals surface area contributed by atoms with Crippen LogP contribution in [0.5, 0.6) is 0 Å². The van der Waals surface area contributed by atoms with Gasteiger partial charge in [0.25, 0.3) is 0 Å². The third-order valence-corrected chi connectivity index (χ3v) is 3.03. The molecule has 0 radical (unpaired) electrons. The van der Waals surface area contributed by atoms with E-state index >= 15 is 0 Å². The van der Waals surface area contributed by atoms with Gasteiger partial charge in [-0.2, -0.15) is 0 Å². The number of nitrogens with one attached hydrogen (secondary N) is 3. The van der Waals surface area contributed by atoms with Gasteiger partial charge in [-0.1, -0.05) is 26.0 Å². The number of benzene rings is 1. The Bertz CT molecular complexity index is 626. The molecule has 3 amide bonds. The van der Waals surface area contributed by atoms with Crippen molar-refractivity contribution >= 4 is 29.4 Å². The van der Waals surface area contributed by atoms with Crippen LogP contribution in [0.25, 0.3) is 0 Å². The molecule has 136 valence electrons. The molecule has 0 bridgehead atoms. The largest absolute Gasteiger partial charge is 0.461 e. The van der Waals surface area contributed by atoms with Gasteiger partial charge in [0.15, 0.2) is 0 Å². The van der Waals surface area contributed by atoms with Crippen LogP contribution in [0.2, 0.25) is 0 Å². The molecule has 1 aromatic rings. The normalized spacial score (nSPS) is 10.1. The number of carbonyl (C=O) groups is 4. The molecule has 0 heterocycles. The van der Waals surface area contributed by atoms with E-state index in [0.29, 0.717) is 5.69 Å². The fraction of sp³-hybridized carbons (Fsp3) is 0.412. The number of hydrogen-bond donors (Lipinski definition) is 3. The lowest BCUT2D eigenvalue weighted by Gasteiger charge is -2.09. The van der Waals surface area contributed by atoms with E-state index in [1.807, 2.05) is 0 Å². The van der Waals surface area contributed by atoms with E-state index in [4.69, 9.17) is 4.74 Å². The lowest BCUT2D eigenvalue weighted by atomic mass is 10.2. The summed E-state index contributed by atoms with van der Waals surface area (Å²) in [4.78, 5) is 45.2. The van der Waals surface area contributed by atoms with Crippen LogP contribution in [0, 0.1) is 5.92 Å². The third-order valence-electron chi connectivity index (χ3n) is 3.03. The molecule has 25 heavy (non-hydrogen) atoms. The standard InChI is InChI=1S/C17H23N3O5/c1-11(2)17(24)25-10-13-4-6-14(7-5-13)20-16(23)9-19-15(22)8-18-12(3)21/h4-7,11H,8-10H2,1-3H3,(H,18,21)(H,19,22)(H,20,23). The highest BCUT2D eigenvalue weighted by molar-refractivity contribution is 5.95. The molecule has 8 heteroatoms. The van der Waals surface area contributed by atoms with Gasteiger partial charge in [-0.15, -0.1) is 0 Å². The highest BCUT2D eigenvalue weighted by Gasteiger charge is 2.09. The van der Waals surface area contributed by atoms with Crippen LogP contribution in [0.15, 0.2) is 24.3 Å². The van der Waals surface area contributed by atoms with E-state index in [1.165, 1.54) is 6.92 Å². The van der Waals surface area contributed by atoms with Gasteiger partial charge in [-0.3, -0.25) is 19.2 Å². The minimum absolute atomic E-state index is 0.171. The number of ether oxygens (including phenoxy) is 1. The molecule has 0 aliphatic rings. The van der Waals surface area contributed by atoms with Crippen molar-refractivity contribution in [1.29, 1.82) is 0 Å². The van der Waals surface area contributed by atoms with Gasteiger partial charge in [0.1, 0.15) is 6.61 Å². The first-order valence-corrected chi connectivity index (χ1v) is 7.84. The average Bonchev–Trinajstić information content (AvgIpc) is 2.57. The Balaban J connectivity index is 2.36. The van der Waals surface area contributed by atoms with Crippen molar-refractivity contribution in [3.63, 3.8) is 0 Å². The van der Waals surface area contributed by atoms with Crippen molar-refractivity contribution in [3.8, 4) is 0 Å². The molecule has 0 atom stereocenters. The lowest BCUT2D eigenvalue weighted by molar-refractivity contribution is -0.148. The third kappa shape index (κ3) is 8.50. The Morgan fingerprint density at radius 3 is 2.12 bits per heavy atom. The lowest BCUT2D eigenvalue weighted by Crippen LogP contribution is -2.39. The minimum atomic E-state index is -0.451. The summed E-state index contributed by atoms with van der Waals surface area (Å²) < 4.78 is 5.11. The first-order chi connectivity index (χ1) is 11.8. The van der Waals surface area contributed by atoms with Crippen LogP contribution in [-0.2, 0) is 30.5 Å². The predicted octanol–water partition coefficient (Wildman–Crippen LogP) is 0.577. The maximum Gasteiger partial charge on any atom is 0.308 e. The molecule has 0 aliphatic heterocycles. The van der Waals surface area contributed by atoms with Gasteiger partial charge < -0.3 is 20.7 Å². The monoisotopic (exact) mass is 349 g/mol. The van der Waals surface area contributed by atoms with Crippen molar-refractivity contribution in [2.45, 2.75) is 27.4 Å². The van der Waals surface area contributed by atoms with Crippen molar-refractivity contribution in [2.24, 2.45) is 5.92 Å². The Morgan fingerprint density at radius 1 is 0.960 bits per heavy atom. The number of hydrogen-bond acceptors (Lipinski definition) is 5. The molecule has 0 aromatic heterocycles. The fourth-order valence-corrected chi connectivity index (χ4v) is 1.66. The maximum atomic E-state index is 11.7. The molecule has 1 rings (SSSR count). The van der Waals surface area contributed by atoms with E-state index in [-0.39, 0.29) is 37.5 Å². The zero-order chi connectivity index (χ0) is 18.8. The second-order valence-electron chi connectivity index (χ2n) is 5.69. The highest BCUT2D eigenvalue weighted by Crippen LogP contribution is 2.11. The summed E-state index contributed by atoms with van der Waals surface area (Å²) in [5.41, 5.74) is 1.36. The molecule has 0 unspecified atom stereocenters. The van der Waals surface area contributed by atoms with Crippen molar-refractivity contribution in [1.82, 2.24) is 10.6 Å². The Labute approximate surface area is 146 Å². The number of rotatable bonds is 8. The van der Waals surface area contributed by atoms with Gasteiger partial charge in [0, 0.05) is 12.6 Å². The molecular formula is C17H23N3O5. The van der Waals surface area contributed by atoms with E-state index in [9.17, 15) is 19.2 Å². The van der Waals surface area contributed by atoms with Crippen LogP contribution in [-0.4, -0.2) is 36.8 Å². The second-order valence-corrected chi connectivity index (χ2v) is 5.69. The van der Waals surface area contributed by atoms with Gasteiger partial charge in [-0.05, 0) is 17.7 Å². The van der Waals surface area contributed by atoms with Gasteiger partial charge in [0.05, 0.1) is 19.0 Å². The van der Waals surface area contributed by atoms with Crippen LogP contribution < -0.4 is 16.0 Å². The Morgan fingerprint density at radius 2 is 1.56 bits per heavy atom. The highest BCUT2D eigenvalue weighted by atomic mass is 16.5. The molecular weight excluding hydrogens is 326 g/mol. The smallest absolute Gasteiger partial charge is 0.308 e. The van der Waals surface area contributed by atoms with Crippen LogP contribution in [0.3, 0.4) is 0 Å². The molecule has 0 saturated heterocycles. The van der Waals surface area contributed by atoms with Crippen molar-refractivity contribution in [2.75, 3.05) is 18.4 Å². The van der Waals surface area contributed by atoms with Crippen molar-refractivity contribution < 1.29 is 23.9 Å². The first kappa shape index (κ1) is 20.1. The number of anilines is 1. The SMILES string of the molecule is CC(=O)NCC(=O)NCC(=O)Nc1ccc(COC(=O)C(C)C)cc1. The van der Waals surface area contributed by atoms with E-state index in [0.717, 1.165) is 5.56 Å². The second kappa shape index (κ2) is 10.1. The number of amides is 3. The molecule has 0 saturated carbocycles. The molecule has 3 N–H and O–H groups in total. The van der Waals surface area contributed by atoms with E-state index in [2.05, 4.69) is 16.0 Å². The summed E-state index contributed by atoms with van der Waals surface area (Å²) in [6.45, 7) is 4.61. The van der Waals surface area contributed by atoms with E-state index in [1.54, 1.807) is 38.1 Å². The molecule has 8 nitrogen and oxygen atoms in total. The topological polar surface area (TPSA) is 114 Å². The summed E-state index contributed by atoms with van der Waals surface area (Å²) in [7, 11) is 0. The predicted molar refractivity (Wildman–Crippen MR) is 91.4 cm³/mol. The van der Waals surface area contributed by atoms with Gasteiger partial charge >= 0.3 is 5.97 Å². The summed E-state index contributed by atoms with van der Waals surface area (Å²) in [5, 5.41) is 7.35. The summed E-state index contributed by atoms with van der Waals surface area (Å²) in [6, 6.07) is 6.82. The Kier molecular flexibility index (Phi) is 8.11. The molecule has 0 spiro atoms. The Hall–Kier alpha value is -2.90. The quantitative estimate of drug-likeness (QED) is 0.594.